The van der Waals surface area contributed by atoms with Gasteiger partial charge in [0.25, 0.3) is 0 Å². The van der Waals surface area contributed by atoms with Gasteiger partial charge in [-0.3, -0.25) is 4.79 Å². The molecule has 19 heavy (non-hydrogen) atoms. The number of hydrogen-bond acceptors (Lipinski definition) is 4. The van der Waals surface area contributed by atoms with Crippen molar-refractivity contribution < 1.29 is 14.3 Å². The van der Waals surface area contributed by atoms with Gasteiger partial charge in [0.2, 0.25) is 5.91 Å². The maximum Gasteiger partial charge on any atom is 0.238 e. The Bertz CT molecular complexity index is 402. The predicted molar refractivity (Wildman–Crippen MR) is 75.6 cm³/mol. The molecule has 2 N–H and O–H groups in total. The molecule has 1 aromatic carbocycles. The van der Waals surface area contributed by atoms with Crippen molar-refractivity contribution in [1.82, 2.24) is 5.32 Å². The molecule has 0 fully saturated rings. The van der Waals surface area contributed by atoms with Crippen molar-refractivity contribution in [1.29, 1.82) is 0 Å². The minimum absolute atomic E-state index is 0.0886. The Labute approximate surface area is 114 Å². The molecule has 0 aliphatic carbocycles. The van der Waals surface area contributed by atoms with E-state index in [0.29, 0.717) is 6.61 Å². The number of nitrogens with one attached hydrogen (secondary N) is 2. The molecular formula is C14H22N2O3. The number of rotatable bonds is 7. The Kier molecular flexibility index (Phi) is 5.79. The van der Waals surface area contributed by atoms with Gasteiger partial charge in [-0.15, -0.1) is 0 Å². The van der Waals surface area contributed by atoms with Crippen molar-refractivity contribution in [3.05, 3.63) is 24.3 Å². The number of hydrogen-bond donors (Lipinski definition) is 2. The molecule has 106 valence electrons. The SMILES string of the molecule is COCC(C)(C)NCC(=O)Nc1ccc(OC)cc1. The highest BCUT2D eigenvalue weighted by atomic mass is 16.5. The van der Waals surface area contributed by atoms with Gasteiger partial charge in [0.05, 0.1) is 20.3 Å². The van der Waals surface area contributed by atoms with Gasteiger partial charge in [-0.05, 0) is 38.1 Å². The van der Waals surface area contributed by atoms with E-state index < -0.39 is 0 Å². The van der Waals surface area contributed by atoms with Crippen LogP contribution in [-0.4, -0.2) is 38.8 Å². The highest BCUT2D eigenvalue weighted by molar-refractivity contribution is 5.92. The van der Waals surface area contributed by atoms with Gasteiger partial charge in [-0.1, -0.05) is 0 Å². The van der Waals surface area contributed by atoms with E-state index >= 15 is 0 Å². The van der Waals surface area contributed by atoms with Gasteiger partial charge in [0.1, 0.15) is 5.75 Å². The molecule has 5 nitrogen and oxygen atoms in total. The van der Waals surface area contributed by atoms with Crippen molar-refractivity contribution in [3.8, 4) is 5.75 Å². The average Bonchev–Trinajstić information content (AvgIpc) is 2.37. The van der Waals surface area contributed by atoms with Gasteiger partial charge < -0.3 is 20.1 Å². The van der Waals surface area contributed by atoms with Gasteiger partial charge in [-0.2, -0.15) is 0 Å². The van der Waals surface area contributed by atoms with Gasteiger partial charge in [-0.25, -0.2) is 0 Å². The molecule has 0 radical (unpaired) electrons. The van der Waals surface area contributed by atoms with E-state index in [0.717, 1.165) is 11.4 Å². The summed E-state index contributed by atoms with van der Waals surface area (Å²) in [5, 5.41) is 5.95. The van der Waals surface area contributed by atoms with Gasteiger partial charge in [0.15, 0.2) is 0 Å². The third-order valence-corrected chi connectivity index (χ3v) is 2.61. The molecule has 0 unspecified atom stereocenters. The molecule has 1 amide bonds. The number of ether oxygens (including phenoxy) is 2. The van der Waals surface area contributed by atoms with E-state index in [1.54, 1.807) is 38.5 Å². The number of methoxy groups -OCH3 is 2. The molecular weight excluding hydrogens is 244 g/mol. The Morgan fingerprint density at radius 1 is 1.21 bits per heavy atom. The number of amides is 1. The fourth-order valence-electron chi connectivity index (χ4n) is 1.61. The van der Waals surface area contributed by atoms with E-state index in [9.17, 15) is 4.79 Å². The third-order valence-electron chi connectivity index (χ3n) is 2.61. The normalized spacial score (nSPS) is 11.2. The van der Waals surface area contributed by atoms with Crippen LogP contribution in [0.2, 0.25) is 0 Å². The lowest BCUT2D eigenvalue weighted by Crippen LogP contribution is -2.46. The van der Waals surface area contributed by atoms with Crippen LogP contribution < -0.4 is 15.4 Å². The summed E-state index contributed by atoms with van der Waals surface area (Å²) in [4.78, 5) is 11.8. The largest absolute Gasteiger partial charge is 0.497 e. The van der Waals surface area contributed by atoms with E-state index in [2.05, 4.69) is 10.6 Å². The summed E-state index contributed by atoms with van der Waals surface area (Å²) in [5.74, 6) is 0.673. The van der Waals surface area contributed by atoms with Crippen LogP contribution in [0, 0.1) is 0 Å². The van der Waals surface area contributed by atoms with Crippen LogP contribution >= 0.6 is 0 Å². The van der Waals surface area contributed by atoms with E-state index in [4.69, 9.17) is 9.47 Å². The minimum Gasteiger partial charge on any atom is -0.497 e. The molecule has 0 heterocycles. The average molecular weight is 266 g/mol. The van der Waals surface area contributed by atoms with Crippen LogP contribution in [0.25, 0.3) is 0 Å². The molecule has 5 heteroatoms. The van der Waals surface area contributed by atoms with Crippen LogP contribution in [0.3, 0.4) is 0 Å². The van der Waals surface area contributed by atoms with Gasteiger partial charge in [0, 0.05) is 18.3 Å². The predicted octanol–water partition coefficient (Wildman–Crippen LogP) is 1.65. The summed E-state index contributed by atoms with van der Waals surface area (Å²) < 4.78 is 10.1. The maximum absolute atomic E-state index is 11.8. The zero-order chi connectivity index (χ0) is 14.3. The molecule has 0 aliphatic heterocycles. The smallest absolute Gasteiger partial charge is 0.238 e. The first kappa shape index (κ1) is 15.5. The first-order valence-corrected chi connectivity index (χ1v) is 6.15. The number of benzene rings is 1. The fourth-order valence-corrected chi connectivity index (χ4v) is 1.61. The minimum atomic E-state index is -0.230. The molecule has 0 saturated heterocycles. The van der Waals surface area contributed by atoms with E-state index in [1.807, 2.05) is 13.8 Å². The Morgan fingerprint density at radius 2 is 1.84 bits per heavy atom. The van der Waals surface area contributed by atoms with Crippen molar-refractivity contribution in [2.75, 3.05) is 32.7 Å². The summed E-state index contributed by atoms with van der Waals surface area (Å²) in [6, 6.07) is 7.21. The zero-order valence-corrected chi connectivity index (χ0v) is 11.9. The lowest BCUT2D eigenvalue weighted by atomic mass is 10.1. The first-order chi connectivity index (χ1) is 8.96. The highest BCUT2D eigenvalue weighted by Gasteiger charge is 2.17. The lowest BCUT2D eigenvalue weighted by Gasteiger charge is -2.24. The second-order valence-electron chi connectivity index (χ2n) is 4.95. The van der Waals surface area contributed by atoms with E-state index in [1.165, 1.54) is 0 Å². The molecule has 0 aromatic heterocycles. The molecule has 0 bridgehead atoms. The number of anilines is 1. The Morgan fingerprint density at radius 3 is 2.37 bits per heavy atom. The monoisotopic (exact) mass is 266 g/mol. The standard InChI is InChI=1S/C14H22N2O3/c1-14(2,10-18-3)15-9-13(17)16-11-5-7-12(19-4)8-6-11/h5-8,15H,9-10H2,1-4H3,(H,16,17). The van der Waals surface area contributed by atoms with Crippen LogP contribution in [0.4, 0.5) is 5.69 Å². The number of carbonyl (C=O) groups excluding carboxylic acids is 1. The third kappa shape index (κ3) is 5.72. The van der Waals surface area contributed by atoms with Crippen molar-refractivity contribution in [3.63, 3.8) is 0 Å². The van der Waals surface area contributed by atoms with Gasteiger partial charge >= 0.3 is 0 Å². The topological polar surface area (TPSA) is 59.6 Å². The molecule has 0 atom stereocenters. The quantitative estimate of drug-likeness (QED) is 0.788. The molecule has 0 spiro atoms. The number of carbonyl (C=O) groups is 1. The van der Waals surface area contributed by atoms with Crippen molar-refractivity contribution in [2.24, 2.45) is 0 Å². The van der Waals surface area contributed by atoms with Crippen LogP contribution in [0.1, 0.15) is 13.8 Å². The lowest BCUT2D eigenvalue weighted by molar-refractivity contribution is -0.115. The maximum atomic E-state index is 11.8. The first-order valence-electron chi connectivity index (χ1n) is 6.15. The fraction of sp³-hybridized carbons (Fsp3) is 0.500. The van der Waals surface area contributed by atoms with Crippen molar-refractivity contribution >= 4 is 11.6 Å². The van der Waals surface area contributed by atoms with Crippen LogP contribution in [0.5, 0.6) is 5.75 Å². The summed E-state index contributed by atoms with van der Waals surface area (Å²) in [6.45, 7) is 4.75. The Balaban J connectivity index is 2.42. The highest BCUT2D eigenvalue weighted by Crippen LogP contribution is 2.14. The molecule has 1 aromatic rings. The summed E-state index contributed by atoms with van der Waals surface area (Å²) in [5.41, 5.74) is 0.517. The summed E-state index contributed by atoms with van der Waals surface area (Å²) >= 11 is 0. The molecule has 0 aliphatic rings. The summed E-state index contributed by atoms with van der Waals surface area (Å²) in [6.07, 6.45) is 0. The second-order valence-corrected chi connectivity index (χ2v) is 4.95. The van der Waals surface area contributed by atoms with Crippen LogP contribution in [0.15, 0.2) is 24.3 Å². The second kappa shape index (κ2) is 7.11. The zero-order valence-electron chi connectivity index (χ0n) is 11.9. The van der Waals surface area contributed by atoms with E-state index in [-0.39, 0.29) is 18.0 Å². The summed E-state index contributed by atoms with van der Waals surface area (Å²) in [7, 11) is 3.25. The molecule has 1 rings (SSSR count). The van der Waals surface area contributed by atoms with Crippen molar-refractivity contribution in [2.45, 2.75) is 19.4 Å². The molecule has 0 saturated carbocycles. The van der Waals surface area contributed by atoms with Crippen LogP contribution in [-0.2, 0) is 9.53 Å². The Hall–Kier alpha value is -1.59.